The Hall–Kier alpha value is -8.86. The molecular formula is C62H40N4. The van der Waals surface area contributed by atoms with E-state index in [2.05, 4.69) is 224 Å². The SMILES string of the molecule is c1ccc(-c2ccc(-c3nc(-c4ccc(-c5ccccc5)cc4)nc(-c4ccc(-c5cccc(-c6cccc(-c7cnc8c(ccc9c%10ccccc%10ccc98)c7)c6)c5)cc4)n3)cc2)cc1. The average Bonchev–Trinajstić information content (AvgIpc) is 3.41. The van der Waals surface area contributed by atoms with Crippen molar-refractivity contribution in [2.24, 2.45) is 0 Å². The van der Waals surface area contributed by atoms with Gasteiger partial charge in [0.25, 0.3) is 0 Å². The van der Waals surface area contributed by atoms with E-state index in [0.717, 1.165) is 72.1 Å². The summed E-state index contributed by atoms with van der Waals surface area (Å²) >= 11 is 0. The zero-order valence-electron chi connectivity index (χ0n) is 35.9. The lowest BCUT2D eigenvalue weighted by atomic mass is 9.95. The van der Waals surface area contributed by atoms with Crippen LogP contribution in [-0.2, 0) is 0 Å². The predicted molar refractivity (Wildman–Crippen MR) is 274 cm³/mol. The molecule has 0 radical (unpaired) electrons. The van der Waals surface area contributed by atoms with Crippen molar-refractivity contribution in [2.75, 3.05) is 0 Å². The molecule has 308 valence electrons. The van der Waals surface area contributed by atoms with Gasteiger partial charge < -0.3 is 0 Å². The largest absolute Gasteiger partial charge is 0.255 e. The minimum Gasteiger partial charge on any atom is -0.255 e. The lowest BCUT2D eigenvalue weighted by molar-refractivity contribution is 1.07. The standard InChI is InChI=1S/C62H40N4/c1-3-11-41(12-4-1)43-21-27-47(28-22-43)60-64-61(48-29-23-44(24-30-48)42-13-5-2-6-14-42)66-62(65-60)49-31-25-45(26-32-49)50-16-9-17-51(37-50)52-18-10-19-53(38-52)55-39-54-34-35-57-56-20-8-7-15-46(56)33-36-58(57)59(54)63-40-55/h1-40H. The fraction of sp³-hybridized carbons (Fsp3) is 0. The lowest BCUT2D eigenvalue weighted by Gasteiger charge is -2.11. The molecule has 0 fully saturated rings. The minimum absolute atomic E-state index is 0.622. The summed E-state index contributed by atoms with van der Waals surface area (Å²) in [6, 6.07) is 83.4. The van der Waals surface area contributed by atoms with Crippen molar-refractivity contribution < 1.29 is 0 Å². The van der Waals surface area contributed by atoms with Crippen molar-refractivity contribution in [3.8, 4) is 89.8 Å². The fourth-order valence-corrected chi connectivity index (χ4v) is 9.06. The van der Waals surface area contributed by atoms with Crippen molar-refractivity contribution in [1.29, 1.82) is 0 Å². The molecule has 66 heavy (non-hydrogen) atoms. The van der Waals surface area contributed by atoms with Crippen LogP contribution < -0.4 is 0 Å². The van der Waals surface area contributed by atoms with Gasteiger partial charge in [0.15, 0.2) is 17.5 Å². The number of aromatic nitrogens is 4. The van der Waals surface area contributed by atoms with Gasteiger partial charge in [0.1, 0.15) is 0 Å². The monoisotopic (exact) mass is 840 g/mol. The van der Waals surface area contributed by atoms with Crippen molar-refractivity contribution >= 4 is 32.4 Å². The zero-order chi connectivity index (χ0) is 43.8. The van der Waals surface area contributed by atoms with Gasteiger partial charge in [-0.15, -0.1) is 0 Å². The molecule has 10 aromatic carbocycles. The topological polar surface area (TPSA) is 51.6 Å². The maximum atomic E-state index is 5.07. The molecule has 0 N–H and O–H groups in total. The molecule has 0 bridgehead atoms. The number of pyridine rings is 1. The number of benzene rings is 10. The summed E-state index contributed by atoms with van der Waals surface area (Å²) in [5.41, 5.74) is 15.2. The summed E-state index contributed by atoms with van der Waals surface area (Å²) in [4.78, 5) is 20.2. The second-order valence-corrected chi connectivity index (χ2v) is 16.7. The van der Waals surface area contributed by atoms with Gasteiger partial charge in [-0.25, -0.2) is 15.0 Å². The summed E-state index contributed by atoms with van der Waals surface area (Å²) < 4.78 is 0. The van der Waals surface area contributed by atoms with Gasteiger partial charge in [-0.3, -0.25) is 4.98 Å². The molecule has 0 unspecified atom stereocenters. The number of rotatable bonds is 8. The number of nitrogens with zero attached hydrogens (tertiary/aromatic N) is 4. The molecule has 2 heterocycles. The first-order chi connectivity index (χ1) is 32.7. The van der Waals surface area contributed by atoms with Crippen LogP contribution in [0.5, 0.6) is 0 Å². The second kappa shape index (κ2) is 16.7. The highest BCUT2D eigenvalue weighted by Crippen LogP contribution is 2.35. The van der Waals surface area contributed by atoms with Gasteiger partial charge in [0.05, 0.1) is 5.52 Å². The van der Waals surface area contributed by atoms with Crippen LogP contribution in [0, 0.1) is 0 Å². The third kappa shape index (κ3) is 7.47. The Morgan fingerprint density at radius 1 is 0.212 bits per heavy atom. The van der Waals surface area contributed by atoms with E-state index in [9.17, 15) is 0 Å². The Kier molecular flexibility index (Phi) is 9.81. The van der Waals surface area contributed by atoms with Crippen LogP contribution in [0.3, 0.4) is 0 Å². The van der Waals surface area contributed by atoms with Crippen LogP contribution in [0.2, 0.25) is 0 Å². The van der Waals surface area contributed by atoms with E-state index in [1.807, 2.05) is 18.3 Å². The number of fused-ring (bicyclic) bond motifs is 5. The first kappa shape index (κ1) is 38.8. The number of hydrogen-bond donors (Lipinski definition) is 0. The van der Waals surface area contributed by atoms with Crippen LogP contribution in [0.4, 0.5) is 0 Å². The smallest absolute Gasteiger partial charge is 0.164 e. The van der Waals surface area contributed by atoms with E-state index < -0.39 is 0 Å². The van der Waals surface area contributed by atoms with Gasteiger partial charge in [-0.1, -0.05) is 218 Å². The van der Waals surface area contributed by atoms with E-state index in [0.29, 0.717) is 17.5 Å². The maximum Gasteiger partial charge on any atom is 0.164 e. The van der Waals surface area contributed by atoms with Gasteiger partial charge in [-0.05, 0) is 84.4 Å². The van der Waals surface area contributed by atoms with Crippen LogP contribution in [-0.4, -0.2) is 19.9 Å². The van der Waals surface area contributed by atoms with Gasteiger partial charge in [0.2, 0.25) is 0 Å². The molecule has 0 amide bonds. The van der Waals surface area contributed by atoms with Crippen molar-refractivity contribution in [3.63, 3.8) is 0 Å². The van der Waals surface area contributed by atoms with Gasteiger partial charge >= 0.3 is 0 Å². The third-order valence-electron chi connectivity index (χ3n) is 12.6. The fourth-order valence-electron chi connectivity index (χ4n) is 9.06. The first-order valence-corrected chi connectivity index (χ1v) is 22.3. The molecule has 0 aliphatic rings. The van der Waals surface area contributed by atoms with Crippen molar-refractivity contribution in [3.05, 3.63) is 243 Å². The van der Waals surface area contributed by atoms with E-state index in [-0.39, 0.29) is 0 Å². The zero-order valence-corrected chi connectivity index (χ0v) is 35.9. The van der Waals surface area contributed by atoms with Crippen molar-refractivity contribution in [2.45, 2.75) is 0 Å². The summed E-state index contributed by atoms with van der Waals surface area (Å²) in [5.74, 6) is 1.88. The highest BCUT2D eigenvalue weighted by atomic mass is 15.0. The lowest BCUT2D eigenvalue weighted by Crippen LogP contribution is -2.00. The molecule has 0 saturated heterocycles. The van der Waals surface area contributed by atoms with Gasteiger partial charge in [-0.2, -0.15) is 0 Å². The molecule has 4 nitrogen and oxygen atoms in total. The van der Waals surface area contributed by atoms with Crippen LogP contribution >= 0.6 is 0 Å². The van der Waals surface area contributed by atoms with E-state index in [4.69, 9.17) is 19.9 Å². The van der Waals surface area contributed by atoms with Gasteiger partial charge in [0, 0.05) is 39.2 Å². The molecule has 0 spiro atoms. The quantitative estimate of drug-likeness (QED) is 0.143. The molecule has 0 aliphatic carbocycles. The summed E-state index contributed by atoms with van der Waals surface area (Å²) in [6.07, 6.45) is 2.01. The summed E-state index contributed by atoms with van der Waals surface area (Å²) in [6.45, 7) is 0. The normalized spacial score (nSPS) is 11.3. The molecule has 0 aliphatic heterocycles. The van der Waals surface area contributed by atoms with Crippen LogP contribution in [0.25, 0.3) is 122 Å². The molecule has 0 atom stereocenters. The van der Waals surface area contributed by atoms with Crippen LogP contribution in [0.15, 0.2) is 243 Å². The Labute approximate surface area is 383 Å². The average molecular weight is 841 g/mol. The predicted octanol–water partition coefficient (Wildman–Crippen LogP) is 16.1. The summed E-state index contributed by atoms with van der Waals surface area (Å²) in [5, 5.41) is 6.03. The van der Waals surface area contributed by atoms with E-state index in [1.54, 1.807) is 0 Å². The van der Waals surface area contributed by atoms with Crippen LogP contribution in [0.1, 0.15) is 0 Å². The van der Waals surface area contributed by atoms with Crippen molar-refractivity contribution in [1.82, 2.24) is 19.9 Å². The Balaban J connectivity index is 0.847. The third-order valence-corrected chi connectivity index (χ3v) is 12.6. The Morgan fingerprint density at radius 3 is 1.12 bits per heavy atom. The highest BCUT2D eigenvalue weighted by molar-refractivity contribution is 6.16. The first-order valence-electron chi connectivity index (χ1n) is 22.3. The Bertz CT molecular complexity index is 3610. The Morgan fingerprint density at radius 2 is 0.591 bits per heavy atom. The molecule has 4 heteroatoms. The molecule has 0 saturated carbocycles. The van der Waals surface area contributed by atoms with E-state index in [1.165, 1.54) is 32.7 Å². The molecule has 2 aromatic heterocycles. The summed E-state index contributed by atoms with van der Waals surface area (Å²) in [7, 11) is 0. The second-order valence-electron chi connectivity index (χ2n) is 16.7. The highest BCUT2D eigenvalue weighted by Gasteiger charge is 2.15. The minimum atomic E-state index is 0.622. The molecular weight excluding hydrogens is 801 g/mol. The molecule has 12 rings (SSSR count). The number of hydrogen-bond acceptors (Lipinski definition) is 4. The maximum absolute atomic E-state index is 5.07. The van der Waals surface area contributed by atoms with E-state index >= 15 is 0 Å². The molecule has 12 aromatic rings.